The first-order valence-corrected chi connectivity index (χ1v) is 5.62. The summed E-state index contributed by atoms with van der Waals surface area (Å²) in [6.45, 7) is 1.52. The summed E-state index contributed by atoms with van der Waals surface area (Å²) in [5, 5.41) is 0.104. The lowest BCUT2D eigenvalue weighted by Gasteiger charge is -2.09. The number of hydrogen-bond acceptors (Lipinski definition) is 2. The lowest BCUT2D eigenvalue weighted by atomic mass is 10.1. The number of hydrogen-bond donors (Lipinski definition) is 1. The molecule has 1 aromatic heterocycles. The van der Waals surface area contributed by atoms with Crippen molar-refractivity contribution in [2.45, 2.75) is 25.7 Å². The van der Waals surface area contributed by atoms with E-state index in [9.17, 15) is 8.78 Å². The van der Waals surface area contributed by atoms with E-state index in [2.05, 4.69) is 4.98 Å². The summed E-state index contributed by atoms with van der Waals surface area (Å²) in [5.74, 6) is -0.618. The summed E-state index contributed by atoms with van der Waals surface area (Å²) in [7, 11) is 0. The van der Waals surface area contributed by atoms with E-state index in [0.717, 1.165) is 18.5 Å². The predicted molar refractivity (Wildman–Crippen MR) is 62.8 cm³/mol. The molecule has 2 aromatic rings. The molecule has 0 amide bonds. The van der Waals surface area contributed by atoms with Crippen LogP contribution in [0.3, 0.4) is 0 Å². The van der Waals surface area contributed by atoms with Gasteiger partial charge in [-0.3, -0.25) is 0 Å². The lowest BCUT2D eigenvalue weighted by molar-refractivity contribution is 0.607. The van der Waals surface area contributed by atoms with Gasteiger partial charge in [0.15, 0.2) is 0 Å². The zero-order valence-corrected chi connectivity index (χ0v) is 9.43. The number of pyridine rings is 1. The molecule has 1 saturated carbocycles. The van der Waals surface area contributed by atoms with Gasteiger partial charge >= 0.3 is 0 Å². The van der Waals surface area contributed by atoms with Crippen LogP contribution in [0.25, 0.3) is 10.9 Å². The standard InChI is InChI=1S/C13H12F2N2/c1-6-4-8(14)13-11(12(6)15)9(16)5-10(17-13)7-2-3-7/h4-5,7H,2-3H2,1H3,(H2,16,17). The Morgan fingerprint density at radius 2 is 2.00 bits per heavy atom. The Bertz CT molecular complexity index is 619. The van der Waals surface area contributed by atoms with Crippen molar-refractivity contribution in [3.63, 3.8) is 0 Å². The highest BCUT2D eigenvalue weighted by atomic mass is 19.1. The molecule has 2 nitrogen and oxygen atoms in total. The van der Waals surface area contributed by atoms with Crippen molar-refractivity contribution in [1.29, 1.82) is 0 Å². The highest BCUT2D eigenvalue weighted by Gasteiger charge is 2.27. The molecule has 0 aliphatic heterocycles. The van der Waals surface area contributed by atoms with Gasteiger partial charge in [-0.2, -0.15) is 0 Å². The van der Waals surface area contributed by atoms with Crippen LogP contribution >= 0.6 is 0 Å². The van der Waals surface area contributed by atoms with Gasteiger partial charge < -0.3 is 5.73 Å². The van der Waals surface area contributed by atoms with Crippen LogP contribution in [0.1, 0.15) is 30.0 Å². The molecule has 88 valence electrons. The van der Waals surface area contributed by atoms with E-state index in [1.807, 2.05) is 0 Å². The number of aromatic nitrogens is 1. The molecule has 3 rings (SSSR count). The first kappa shape index (κ1) is 10.4. The van der Waals surface area contributed by atoms with Crippen LogP contribution < -0.4 is 5.73 Å². The summed E-state index contributed by atoms with van der Waals surface area (Å²) in [6.07, 6.45) is 2.10. The van der Waals surface area contributed by atoms with Gasteiger partial charge in [0.05, 0.1) is 5.39 Å². The van der Waals surface area contributed by atoms with Crippen molar-refractivity contribution >= 4 is 16.6 Å². The minimum Gasteiger partial charge on any atom is -0.398 e. The van der Waals surface area contributed by atoms with Crippen LogP contribution in [0.4, 0.5) is 14.5 Å². The van der Waals surface area contributed by atoms with Gasteiger partial charge in [0.1, 0.15) is 17.2 Å². The summed E-state index contributed by atoms with van der Waals surface area (Å²) < 4.78 is 27.7. The number of anilines is 1. The largest absolute Gasteiger partial charge is 0.398 e. The third-order valence-corrected chi connectivity index (χ3v) is 3.20. The third-order valence-electron chi connectivity index (χ3n) is 3.20. The van der Waals surface area contributed by atoms with E-state index in [4.69, 9.17) is 5.73 Å². The van der Waals surface area contributed by atoms with Crippen LogP contribution in [0, 0.1) is 18.6 Å². The number of benzene rings is 1. The van der Waals surface area contributed by atoms with Crippen LogP contribution in [-0.4, -0.2) is 4.98 Å². The van der Waals surface area contributed by atoms with E-state index < -0.39 is 11.6 Å². The number of fused-ring (bicyclic) bond motifs is 1. The SMILES string of the molecule is Cc1cc(F)c2nc(C3CC3)cc(N)c2c1F. The number of nitrogens with zero attached hydrogens (tertiary/aromatic N) is 1. The molecule has 0 bridgehead atoms. The van der Waals surface area contributed by atoms with Gasteiger partial charge in [0, 0.05) is 17.3 Å². The summed E-state index contributed by atoms with van der Waals surface area (Å²) >= 11 is 0. The number of halogens is 2. The van der Waals surface area contributed by atoms with Gasteiger partial charge in [0.25, 0.3) is 0 Å². The highest BCUT2D eigenvalue weighted by Crippen LogP contribution is 2.41. The fourth-order valence-corrected chi connectivity index (χ4v) is 2.10. The molecular formula is C13H12F2N2. The highest BCUT2D eigenvalue weighted by molar-refractivity contribution is 5.92. The van der Waals surface area contributed by atoms with E-state index >= 15 is 0 Å². The van der Waals surface area contributed by atoms with E-state index in [-0.39, 0.29) is 22.2 Å². The molecular weight excluding hydrogens is 222 g/mol. The van der Waals surface area contributed by atoms with Gasteiger partial charge in [-0.25, -0.2) is 13.8 Å². The molecule has 0 spiro atoms. The third kappa shape index (κ3) is 1.55. The fraction of sp³-hybridized carbons (Fsp3) is 0.308. The second-order valence-electron chi connectivity index (χ2n) is 4.62. The van der Waals surface area contributed by atoms with Gasteiger partial charge in [-0.1, -0.05) is 0 Å². The number of rotatable bonds is 1. The Kier molecular flexibility index (Phi) is 2.08. The topological polar surface area (TPSA) is 38.9 Å². The van der Waals surface area contributed by atoms with Crippen LogP contribution in [0.2, 0.25) is 0 Å². The number of aryl methyl sites for hydroxylation is 1. The van der Waals surface area contributed by atoms with Gasteiger partial charge in [-0.15, -0.1) is 0 Å². The smallest absolute Gasteiger partial charge is 0.149 e. The summed E-state index contributed by atoms with van der Waals surface area (Å²) in [5.41, 5.74) is 7.17. The van der Waals surface area contributed by atoms with Crippen LogP contribution in [0.5, 0.6) is 0 Å². The summed E-state index contributed by atoms with van der Waals surface area (Å²) in [6, 6.07) is 2.84. The second-order valence-corrected chi connectivity index (χ2v) is 4.62. The molecule has 4 heteroatoms. The zero-order valence-electron chi connectivity index (χ0n) is 9.43. The van der Waals surface area contributed by atoms with E-state index in [1.165, 1.54) is 13.0 Å². The molecule has 17 heavy (non-hydrogen) atoms. The van der Waals surface area contributed by atoms with E-state index in [0.29, 0.717) is 5.92 Å². The van der Waals surface area contributed by atoms with Crippen molar-refractivity contribution in [2.75, 3.05) is 5.73 Å². The molecule has 0 saturated heterocycles. The molecule has 1 aromatic carbocycles. The minimum absolute atomic E-state index is 0.0509. The lowest BCUT2D eigenvalue weighted by Crippen LogP contribution is -2.00. The van der Waals surface area contributed by atoms with Crippen molar-refractivity contribution < 1.29 is 8.78 Å². The molecule has 0 atom stereocenters. The minimum atomic E-state index is -0.506. The maximum atomic E-state index is 13.9. The predicted octanol–water partition coefficient (Wildman–Crippen LogP) is 3.28. The Morgan fingerprint density at radius 1 is 1.29 bits per heavy atom. The first-order valence-electron chi connectivity index (χ1n) is 5.62. The monoisotopic (exact) mass is 234 g/mol. The maximum absolute atomic E-state index is 13.9. The fourth-order valence-electron chi connectivity index (χ4n) is 2.10. The van der Waals surface area contributed by atoms with Crippen molar-refractivity contribution in [2.24, 2.45) is 0 Å². The average Bonchev–Trinajstić information content (AvgIpc) is 3.09. The normalized spacial score (nSPS) is 15.5. The Morgan fingerprint density at radius 3 is 2.65 bits per heavy atom. The molecule has 1 aliphatic carbocycles. The van der Waals surface area contributed by atoms with E-state index in [1.54, 1.807) is 6.07 Å². The van der Waals surface area contributed by atoms with Crippen molar-refractivity contribution in [1.82, 2.24) is 4.98 Å². The van der Waals surface area contributed by atoms with Crippen molar-refractivity contribution in [3.05, 3.63) is 35.0 Å². The maximum Gasteiger partial charge on any atom is 0.149 e. The quantitative estimate of drug-likeness (QED) is 0.822. The number of nitrogens with two attached hydrogens (primary N) is 1. The second kappa shape index (κ2) is 3.39. The van der Waals surface area contributed by atoms with Gasteiger partial charge in [-0.05, 0) is 37.5 Å². The zero-order chi connectivity index (χ0) is 12.2. The summed E-state index contributed by atoms with van der Waals surface area (Å²) in [4.78, 5) is 4.20. The Hall–Kier alpha value is -1.71. The molecule has 0 radical (unpaired) electrons. The Labute approximate surface area is 97.5 Å². The molecule has 1 heterocycles. The van der Waals surface area contributed by atoms with Crippen molar-refractivity contribution in [3.8, 4) is 0 Å². The van der Waals surface area contributed by atoms with Crippen LogP contribution in [-0.2, 0) is 0 Å². The molecule has 1 aliphatic rings. The first-order chi connectivity index (χ1) is 8.08. The molecule has 0 unspecified atom stereocenters. The average molecular weight is 234 g/mol. The van der Waals surface area contributed by atoms with Crippen LogP contribution in [0.15, 0.2) is 12.1 Å². The molecule has 1 fully saturated rings. The Balaban J connectivity index is 2.38. The molecule has 2 N–H and O–H groups in total. The number of nitrogen functional groups attached to an aromatic ring is 1. The van der Waals surface area contributed by atoms with Gasteiger partial charge in [0.2, 0.25) is 0 Å².